The SMILES string of the molecule is CCCC[B]C1CN(C)CC(COP(=O)(Cl)N(C)C)O1. The average Bonchev–Trinajstić information content (AvgIpc) is 2.36. The van der Waals surface area contributed by atoms with E-state index in [1.807, 2.05) is 0 Å². The van der Waals surface area contributed by atoms with E-state index in [-0.39, 0.29) is 18.7 Å². The molecule has 0 saturated carbocycles. The van der Waals surface area contributed by atoms with Crippen LogP contribution in [0.1, 0.15) is 19.8 Å². The molecule has 0 aromatic carbocycles. The van der Waals surface area contributed by atoms with Crippen LogP contribution in [0, 0.1) is 0 Å². The maximum Gasteiger partial charge on any atom is 0.362 e. The maximum absolute atomic E-state index is 11.9. The molecule has 20 heavy (non-hydrogen) atoms. The largest absolute Gasteiger partial charge is 0.379 e. The molecule has 5 nitrogen and oxygen atoms in total. The molecule has 0 aliphatic carbocycles. The van der Waals surface area contributed by atoms with Crippen molar-refractivity contribution in [1.82, 2.24) is 9.57 Å². The van der Waals surface area contributed by atoms with Gasteiger partial charge in [-0.2, -0.15) is 0 Å². The average molecular weight is 324 g/mol. The van der Waals surface area contributed by atoms with E-state index in [2.05, 4.69) is 26.2 Å². The van der Waals surface area contributed by atoms with Crippen LogP contribution in [-0.2, 0) is 13.8 Å². The van der Waals surface area contributed by atoms with Gasteiger partial charge in [0.2, 0.25) is 0 Å². The third kappa shape index (κ3) is 6.46. The lowest BCUT2D eigenvalue weighted by Crippen LogP contribution is -2.49. The second-order valence-electron chi connectivity index (χ2n) is 5.49. The predicted octanol–water partition coefficient (Wildman–Crippen LogP) is 2.49. The Morgan fingerprint density at radius 2 is 2.20 bits per heavy atom. The zero-order chi connectivity index (χ0) is 15.2. The molecule has 0 amide bonds. The molecular formula is C12H26BClN2O3P. The molecule has 1 rings (SSSR count). The topological polar surface area (TPSA) is 42.0 Å². The van der Waals surface area contributed by atoms with Crippen molar-refractivity contribution in [2.75, 3.05) is 40.8 Å². The van der Waals surface area contributed by atoms with E-state index in [1.165, 1.54) is 17.5 Å². The van der Waals surface area contributed by atoms with Crippen LogP contribution in [0.25, 0.3) is 0 Å². The first-order chi connectivity index (χ1) is 9.35. The lowest BCUT2D eigenvalue weighted by molar-refractivity contribution is -0.0611. The first kappa shape index (κ1) is 18.5. The van der Waals surface area contributed by atoms with Gasteiger partial charge in [0.15, 0.2) is 7.28 Å². The van der Waals surface area contributed by atoms with Gasteiger partial charge in [0, 0.05) is 19.1 Å². The summed E-state index contributed by atoms with van der Waals surface area (Å²) >= 11 is 5.85. The molecule has 3 unspecified atom stereocenters. The van der Waals surface area contributed by atoms with Gasteiger partial charge >= 0.3 is 6.87 Å². The van der Waals surface area contributed by atoms with Crippen molar-refractivity contribution < 1.29 is 13.8 Å². The van der Waals surface area contributed by atoms with Crippen molar-refractivity contribution in [2.24, 2.45) is 0 Å². The summed E-state index contributed by atoms with van der Waals surface area (Å²) < 4.78 is 24.6. The highest BCUT2D eigenvalue weighted by Crippen LogP contribution is 2.54. The standard InChI is InChI=1S/C12H26BClN2O3P/c1-5-6-7-13-12-9-16(4)8-11(19-12)10-18-20(14,17)15(2)3/h11-12H,5-10H2,1-4H3. The predicted molar refractivity (Wildman–Crippen MR) is 84.7 cm³/mol. The Balaban J connectivity index is 2.39. The Morgan fingerprint density at radius 1 is 1.50 bits per heavy atom. The van der Waals surface area contributed by atoms with Crippen LogP contribution in [-0.4, -0.2) is 69.8 Å². The van der Waals surface area contributed by atoms with Gasteiger partial charge < -0.3 is 14.2 Å². The molecule has 1 radical (unpaired) electrons. The van der Waals surface area contributed by atoms with E-state index >= 15 is 0 Å². The smallest absolute Gasteiger partial charge is 0.362 e. The van der Waals surface area contributed by atoms with Gasteiger partial charge in [-0.05, 0) is 32.4 Å². The number of rotatable bonds is 8. The summed E-state index contributed by atoms with van der Waals surface area (Å²) in [6.45, 7) is 0.891. The quantitative estimate of drug-likeness (QED) is 0.390. The summed E-state index contributed by atoms with van der Waals surface area (Å²) in [6.07, 6.45) is 3.34. The van der Waals surface area contributed by atoms with E-state index < -0.39 is 6.87 Å². The van der Waals surface area contributed by atoms with Crippen LogP contribution in [0.3, 0.4) is 0 Å². The number of likely N-dealkylation sites (N-methyl/N-ethyl adjacent to an activating group) is 1. The number of nitrogens with zero attached hydrogens (tertiary/aromatic N) is 2. The molecule has 0 bridgehead atoms. The summed E-state index contributed by atoms with van der Waals surface area (Å²) in [4.78, 5) is 2.21. The van der Waals surface area contributed by atoms with E-state index in [4.69, 9.17) is 20.5 Å². The molecule has 0 aromatic heterocycles. The molecular weight excluding hydrogens is 297 g/mol. The Labute approximate surface area is 128 Å². The lowest BCUT2D eigenvalue weighted by Gasteiger charge is -2.36. The molecule has 1 fully saturated rings. The number of hydrogen-bond donors (Lipinski definition) is 0. The highest BCUT2D eigenvalue weighted by atomic mass is 35.7. The molecule has 1 aliphatic rings. The molecule has 0 spiro atoms. The van der Waals surface area contributed by atoms with Gasteiger partial charge in [-0.25, -0.2) is 4.67 Å². The van der Waals surface area contributed by atoms with Crippen molar-refractivity contribution in [3.8, 4) is 0 Å². The van der Waals surface area contributed by atoms with Crippen LogP contribution in [0.2, 0.25) is 6.32 Å². The highest BCUT2D eigenvalue weighted by molar-refractivity contribution is 7.83. The summed E-state index contributed by atoms with van der Waals surface area (Å²) in [5.41, 5.74) is 0. The molecule has 0 aromatic rings. The van der Waals surface area contributed by atoms with Crippen LogP contribution in [0.15, 0.2) is 0 Å². The zero-order valence-electron chi connectivity index (χ0n) is 12.9. The Morgan fingerprint density at radius 3 is 2.80 bits per heavy atom. The van der Waals surface area contributed by atoms with E-state index in [9.17, 15) is 4.57 Å². The first-order valence-electron chi connectivity index (χ1n) is 7.14. The molecule has 1 saturated heterocycles. The number of morpholine rings is 1. The van der Waals surface area contributed by atoms with Gasteiger partial charge in [0.25, 0.3) is 0 Å². The lowest BCUT2D eigenvalue weighted by atomic mass is 9.66. The van der Waals surface area contributed by atoms with Crippen molar-refractivity contribution in [1.29, 1.82) is 0 Å². The minimum atomic E-state index is -3.20. The second kappa shape index (κ2) is 8.77. The Kier molecular flexibility index (Phi) is 8.10. The van der Waals surface area contributed by atoms with Crippen molar-refractivity contribution in [2.45, 2.75) is 38.2 Å². The van der Waals surface area contributed by atoms with Crippen molar-refractivity contribution in [3.05, 3.63) is 0 Å². The molecule has 8 heteroatoms. The Bertz CT molecular complexity index is 336. The first-order valence-corrected chi connectivity index (χ1v) is 9.62. The summed E-state index contributed by atoms with van der Waals surface area (Å²) in [5, 5.41) is 0. The van der Waals surface area contributed by atoms with Gasteiger partial charge in [0.05, 0.1) is 12.7 Å². The fraction of sp³-hybridized carbons (Fsp3) is 1.00. The third-order valence-corrected chi connectivity index (χ3v) is 5.88. The number of ether oxygens (including phenoxy) is 1. The van der Waals surface area contributed by atoms with Crippen LogP contribution in [0.5, 0.6) is 0 Å². The molecule has 1 aliphatic heterocycles. The summed E-state index contributed by atoms with van der Waals surface area (Å²) in [7, 11) is 7.56. The van der Waals surface area contributed by atoms with Crippen LogP contribution >= 0.6 is 18.1 Å². The van der Waals surface area contributed by atoms with Crippen LogP contribution in [0.4, 0.5) is 0 Å². The fourth-order valence-electron chi connectivity index (χ4n) is 2.08. The summed E-state index contributed by atoms with van der Waals surface area (Å²) in [6, 6.07) is 0.114. The fourth-order valence-corrected chi connectivity index (χ4v) is 2.83. The van der Waals surface area contributed by atoms with Gasteiger partial charge in [0.1, 0.15) is 0 Å². The molecule has 3 atom stereocenters. The van der Waals surface area contributed by atoms with Gasteiger partial charge in [-0.3, -0.25) is 4.57 Å². The van der Waals surface area contributed by atoms with Gasteiger partial charge in [-0.1, -0.05) is 26.1 Å². The summed E-state index contributed by atoms with van der Waals surface area (Å²) in [5.74, 6) is 0. The molecule has 117 valence electrons. The number of unbranched alkanes of at least 4 members (excludes halogenated alkanes) is 1. The van der Waals surface area contributed by atoms with E-state index in [1.54, 1.807) is 14.1 Å². The third-order valence-electron chi connectivity index (χ3n) is 3.26. The zero-order valence-corrected chi connectivity index (χ0v) is 14.6. The molecule has 0 N–H and O–H groups in total. The van der Waals surface area contributed by atoms with E-state index in [0.717, 1.165) is 19.4 Å². The van der Waals surface area contributed by atoms with E-state index in [0.29, 0.717) is 0 Å². The normalized spacial score (nSPS) is 27.5. The second-order valence-corrected chi connectivity index (χ2v) is 8.73. The molecule has 1 heterocycles. The van der Waals surface area contributed by atoms with Crippen molar-refractivity contribution in [3.63, 3.8) is 0 Å². The van der Waals surface area contributed by atoms with Crippen molar-refractivity contribution >= 4 is 25.4 Å². The number of halogens is 1. The van der Waals surface area contributed by atoms with Crippen LogP contribution < -0.4 is 0 Å². The highest BCUT2D eigenvalue weighted by Gasteiger charge is 2.29. The number of hydrogen-bond acceptors (Lipinski definition) is 4. The minimum absolute atomic E-state index is 0.0938. The van der Waals surface area contributed by atoms with Gasteiger partial charge in [-0.15, -0.1) is 0 Å². The Hall–Kier alpha value is 0.425. The maximum atomic E-state index is 11.9. The minimum Gasteiger partial charge on any atom is -0.379 e. The monoisotopic (exact) mass is 323 g/mol.